The molecule has 2 rings (SSSR count). The van der Waals surface area contributed by atoms with Crippen molar-refractivity contribution in [2.24, 2.45) is 0 Å². The average molecular weight is 212 g/mol. The Morgan fingerprint density at radius 1 is 0.938 bits per heavy atom. The Balaban J connectivity index is 2.60. The summed E-state index contributed by atoms with van der Waals surface area (Å²) in [6, 6.07) is 15.3. The fourth-order valence-corrected chi connectivity index (χ4v) is 2.58. The monoisotopic (exact) mass is 212 g/mol. The summed E-state index contributed by atoms with van der Waals surface area (Å²) in [4.78, 5) is 0. The lowest BCUT2D eigenvalue weighted by molar-refractivity contribution is 0.477. The Morgan fingerprint density at radius 2 is 1.62 bits per heavy atom. The van der Waals surface area contributed by atoms with E-state index in [9.17, 15) is 0 Å². The molecule has 0 radical (unpaired) electrons. The largest absolute Gasteiger partial charge is 0.0654 e. The van der Waals surface area contributed by atoms with E-state index in [2.05, 4.69) is 63.2 Å². The van der Waals surface area contributed by atoms with Crippen molar-refractivity contribution < 1.29 is 0 Å². The van der Waals surface area contributed by atoms with E-state index in [4.69, 9.17) is 0 Å². The summed E-state index contributed by atoms with van der Waals surface area (Å²) in [5, 5.41) is 2.76. The van der Waals surface area contributed by atoms with E-state index in [-0.39, 0.29) is 5.41 Å². The lowest BCUT2D eigenvalue weighted by atomic mass is 9.78. The summed E-state index contributed by atoms with van der Waals surface area (Å²) in [6.07, 6.45) is 2.47. The van der Waals surface area contributed by atoms with Gasteiger partial charge in [0, 0.05) is 0 Å². The molecule has 0 unspecified atom stereocenters. The lowest BCUT2D eigenvalue weighted by Gasteiger charge is -2.26. The van der Waals surface area contributed by atoms with Crippen LogP contribution in [0.15, 0.2) is 42.5 Å². The average Bonchev–Trinajstić information content (AvgIpc) is 2.28. The first kappa shape index (κ1) is 11.2. The van der Waals surface area contributed by atoms with Crippen molar-refractivity contribution in [2.45, 2.75) is 39.0 Å². The third kappa shape index (κ3) is 1.97. The molecule has 0 N–H and O–H groups in total. The second-order valence-electron chi connectivity index (χ2n) is 5.16. The van der Waals surface area contributed by atoms with Crippen LogP contribution in [0.4, 0.5) is 0 Å². The summed E-state index contributed by atoms with van der Waals surface area (Å²) in [5.41, 5.74) is 1.75. The van der Waals surface area contributed by atoms with Crippen molar-refractivity contribution in [3.63, 3.8) is 0 Å². The maximum absolute atomic E-state index is 2.35. The maximum atomic E-state index is 2.35. The van der Waals surface area contributed by atoms with E-state index in [0.29, 0.717) is 0 Å². The van der Waals surface area contributed by atoms with Gasteiger partial charge in [-0.2, -0.15) is 0 Å². The van der Waals surface area contributed by atoms with Gasteiger partial charge in [0.05, 0.1) is 0 Å². The van der Waals surface area contributed by atoms with Gasteiger partial charge in [-0.15, -0.1) is 0 Å². The highest BCUT2D eigenvalue weighted by atomic mass is 14.2. The Bertz CT molecular complexity index is 475. The Labute approximate surface area is 98.3 Å². The van der Waals surface area contributed by atoms with Crippen LogP contribution in [0.5, 0.6) is 0 Å². The quantitative estimate of drug-likeness (QED) is 0.677. The van der Waals surface area contributed by atoms with Crippen molar-refractivity contribution in [3.8, 4) is 0 Å². The smallest absolute Gasteiger partial charge is 0.00975 e. The van der Waals surface area contributed by atoms with Gasteiger partial charge in [-0.25, -0.2) is 0 Å². The van der Waals surface area contributed by atoms with Crippen molar-refractivity contribution in [2.75, 3.05) is 0 Å². The van der Waals surface area contributed by atoms with Gasteiger partial charge >= 0.3 is 0 Å². The molecular weight excluding hydrogens is 192 g/mol. The maximum Gasteiger partial charge on any atom is -0.00975 e. The van der Waals surface area contributed by atoms with Crippen LogP contribution in [0.25, 0.3) is 10.8 Å². The van der Waals surface area contributed by atoms with Crippen LogP contribution in [-0.2, 0) is 5.41 Å². The molecule has 0 saturated carbocycles. The van der Waals surface area contributed by atoms with Gasteiger partial charge in [-0.05, 0) is 28.2 Å². The molecule has 0 amide bonds. The molecule has 0 aliphatic rings. The number of fused-ring (bicyclic) bond motifs is 1. The fourth-order valence-electron chi connectivity index (χ4n) is 2.58. The summed E-state index contributed by atoms with van der Waals surface area (Å²) in [5.74, 6) is 0. The van der Waals surface area contributed by atoms with Crippen LogP contribution in [0.2, 0.25) is 0 Å². The number of benzene rings is 2. The molecule has 2 aromatic carbocycles. The van der Waals surface area contributed by atoms with E-state index in [0.717, 1.165) is 0 Å². The Morgan fingerprint density at radius 3 is 2.38 bits per heavy atom. The molecule has 0 aliphatic carbocycles. The van der Waals surface area contributed by atoms with Gasteiger partial charge in [0.25, 0.3) is 0 Å². The van der Waals surface area contributed by atoms with Crippen LogP contribution in [0.1, 0.15) is 39.2 Å². The molecule has 2 aromatic rings. The molecule has 16 heavy (non-hydrogen) atoms. The van der Waals surface area contributed by atoms with Crippen molar-refractivity contribution in [3.05, 3.63) is 48.0 Å². The van der Waals surface area contributed by atoms with Gasteiger partial charge in [0.2, 0.25) is 0 Å². The molecule has 0 atom stereocenters. The first-order valence-corrected chi connectivity index (χ1v) is 6.13. The molecule has 0 heteroatoms. The second-order valence-corrected chi connectivity index (χ2v) is 5.16. The van der Waals surface area contributed by atoms with Gasteiger partial charge < -0.3 is 0 Å². The topological polar surface area (TPSA) is 0 Å². The van der Waals surface area contributed by atoms with Crippen LogP contribution in [0, 0.1) is 0 Å². The van der Waals surface area contributed by atoms with Crippen LogP contribution < -0.4 is 0 Å². The van der Waals surface area contributed by atoms with E-state index in [1.807, 2.05) is 0 Å². The first-order chi connectivity index (χ1) is 7.65. The highest BCUT2D eigenvalue weighted by Crippen LogP contribution is 2.33. The summed E-state index contributed by atoms with van der Waals surface area (Å²) in [6.45, 7) is 6.95. The second kappa shape index (κ2) is 4.29. The molecule has 0 nitrogen and oxygen atoms in total. The molecule has 0 bridgehead atoms. The van der Waals surface area contributed by atoms with Crippen molar-refractivity contribution in [1.29, 1.82) is 0 Å². The standard InChI is InChI=1S/C16H20/c1-4-12-16(2,3)15-11-7-9-13-8-5-6-10-14(13)15/h5-11H,4,12H2,1-3H3. The lowest BCUT2D eigenvalue weighted by Crippen LogP contribution is -2.16. The molecule has 0 saturated heterocycles. The Hall–Kier alpha value is -1.30. The van der Waals surface area contributed by atoms with Gasteiger partial charge in [0.1, 0.15) is 0 Å². The molecule has 84 valence electrons. The summed E-state index contributed by atoms with van der Waals surface area (Å²) in [7, 11) is 0. The third-order valence-electron chi connectivity index (χ3n) is 3.39. The zero-order valence-electron chi connectivity index (χ0n) is 10.5. The van der Waals surface area contributed by atoms with E-state index < -0.39 is 0 Å². The molecule has 0 fully saturated rings. The van der Waals surface area contributed by atoms with Gasteiger partial charge in [0.15, 0.2) is 0 Å². The zero-order chi connectivity index (χ0) is 11.6. The zero-order valence-corrected chi connectivity index (χ0v) is 10.5. The van der Waals surface area contributed by atoms with E-state index in [1.54, 1.807) is 0 Å². The van der Waals surface area contributed by atoms with Crippen molar-refractivity contribution in [1.82, 2.24) is 0 Å². The summed E-state index contributed by atoms with van der Waals surface area (Å²) < 4.78 is 0. The minimum atomic E-state index is 0.273. The Kier molecular flexibility index (Phi) is 3.00. The number of hydrogen-bond donors (Lipinski definition) is 0. The van der Waals surface area contributed by atoms with Gasteiger partial charge in [-0.1, -0.05) is 69.7 Å². The van der Waals surface area contributed by atoms with E-state index >= 15 is 0 Å². The SMILES string of the molecule is CCCC(C)(C)c1cccc2ccccc12. The normalized spacial score (nSPS) is 11.9. The number of rotatable bonds is 3. The number of hydrogen-bond acceptors (Lipinski definition) is 0. The first-order valence-electron chi connectivity index (χ1n) is 6.13. The molecule has 0 heterocycles. The van der Waals surface area contributed by atoms with E-state index in [1.165, 1.54) is 29.2 Å². The molecule has 0 aromatic heterocycles. The van der Waals surface area contributed by atoms with Gasteiger partial charge in [-0.3, -0.25) is 0 Å². The van der Waals surface area contributed by atoms with Crippen LogP contribution >= 0.6 is 0 Å². The highest BCUT2D eigenvalue weighted by molar-refractivity contribution is 5.86. The van der Waals surface area contributed by atoms with Crippen LogP contribution in [0.3, 0.4) is 0 Å². The minimum absolute atomic E-state index is 0.273. The highest BCUT2D eigenvalue weighted by Gasteiger charge is 2.21. The third-order valence-corrected chi connectivity index (χ3v) is 3.39. The van der Waals surface area contributed by atoms with Crippen molar-refractivity contribution >= 4 is 10.8 Å². The van der Waals surface area contributed by atoms with Crippen LogP contribution in [-0.4, -0.2) is 0 Å². The molecular formula is C16H20. The summed E-state index contributed by atoms with van der Waals surface area (Å²) >= 11 is 0. The molecule has 0 spiro atoms. The predicted molar refractivity (Wildman–Crippen MR) is 71.9 cm³/mol. The predicted octanol–water partition coefficient (Wildman–Crippen LogP) is 4.92. The minimum Gasteiger partial charge on any atom is -0.0654 e. The molecule has 0 aliphatic heterocycles. The fraction of sp³-hybridized carbons (Fsp3) is 0.375.